The standard InChI is InChI=1S/C28H29F2N3O3/c1-32-28(36-26-14-13-22(29)17-24(26)30)23(27(31-32)21-11-7-4-8-12-21)18-33(15-16-35-2)19-25(34)20-9-5-3-6-10-20/h3-14,17,25,34H,15-16,18-19H2,1-2H3. The van der Waals surface area contributed by atoms with Gasteiger partial charge < -0.3 is 14.6 Å². The van der Waals surface area contributed by atoms with Crippen molar-refractivity contribution in [2.45, 2.75) is 12.6 Å². The van der Waals surface area contributed by atoms with Crippen LogP contribution in [0.1, 0.15) is 17.2 Å². The van der Waals surface area contributed by atoms with Crippen LogP contribution in [0.5, 0.6) is 11.6 Å². The number of aryl methyl sites for hydroxylation is 1. The predicted octanol–water partition coefficient (Wildman–Crippen LogP) is 5.34. The molecule has 0 radical (unpaired) electrons. The largest absolute Gasteiger partial charge is 0.436 e. The van der Waals surface area contributed by atoms with Gasteiger partial charge >= 0.3 is 0 Å². The number of benzene rings is 3. The maximum atomic E-state index is 14.5. The van der Waals surface area contributed by atoms with Gasteiger partial charge in [-0.15, -0.1) is 0 Å². The molecule has 0 aliphatic heterocycles. The molecule has 8 heteroatoms. The molecule has 1 atom stereocenters. The smallest absolute Gasteiger partial charge is 0.222 e. The van der Waals surface area contributed by atoms with Gasteiger partial charge in [0.2, 0.25) is 5.88 Å². The average molecular weight is 494 g/mol. The lowest BCUT2D eigenvalue weighted by Gasteiger charge is -2.25. The number of rotatable bonds is 11. The second-order valence-electron chi connectivity index (χ2n) is 8.45. The maximum absolute atomic E-state index is 14.5. The van der Waals surface area contributed by atoms with E-state index in [1.165, 1.54) is 6.07 Å². The molecule has 0 aliphatic carbocycles. The summed E-state index contributed by atoms with van der Waals surface area (Å²) in [7, 11) is 3.34. The van der Waals surface area contributed by atoms with Gasteiger partial charge in [-0.25, -0.2) is 13.5 Å². The molecule has 0 bridgehead atoms. The molecular formula is C28H29F2N3O3. The van der Waals surface area contributed by atoms with Gasteiger partial charge in [0.25, 0.3) is 0 Å². The second kappa shape index (κ2) is 11.9. The number of aromatic nitrogens is 2. The molecule has 0 fully saturated rings. The molecule has 0 amide bonds. The summed E-state index contributed by atoms with van der Waals surface area (Å²) >= 11 is 0. The van der Waals surface area contributed by atoms with Gasteiger partial charge in [-0.05, 0) is 17.7 Å². The number of halogens is 2. The average Bonchev–Trinajstić information content (AvgIpc) is 3.19. The summed E-state index contributed by atoms with van der Waals surface area (Å²) in [6.07, 6.45) is -0.723. The van der Waals surface area contributed by atoms with Crippen molar-refractivity contribution in [3.8, 4) is 22.9 Å². The third-order valence-electron chi connectivity index (χ3n) is 5.84. The van der Waals surface area contributed by atoms with Crippen LogP contribution in [-0.2, 0) is 18.3 Å². The molecule has 4 aromatic rings. The Morgan fingerprint density at radius 3 is 2.36 bits per heavy atom. The fraction of sp³-hybridized carbons (Fsp3) is 0.250. The van der Waals surface area contributed by atoms with Crippen molar-refractivity contribution in [1.82, 2.24) is 14.7 Å². The highest BCUT2D eigenvalue weighted by molar-refractivity contribution is 5.65. The third kappa shape index (κ3) is 6.15. The molecule has 1 N–H and O–H groups in total. The number of methoxy groups -OCH3 is 1. The van der Waals surface area contributed by atoms with Crippen molar-refractivity contribution in [2.24, 2.45) is 7.05 Å². The van der Waals surface area contributed by atoms with Crippen molar-refractivity contribution in [2.75, 3.05) is 26.8 Å². The lowest BCUT2D eigenvalue weighted by atomic mass is 10.1. The Kier molecular flexibility index (Phi) is 8.43. The zero-order valence-corrected chi connectivity index (χ0v) is 20.3. The number of nitrogens with zero attached hydrogens (tertiary/aromatic N) is 3. The number of hydrogen-bond donors (Lipinski definition) is 1. The van der Waals surface area contributed by atoms with Crippen LogP contribution >= 0.6 is 0 Å². The van der Waals surface area contributed by atoms with E-state index in [2.05, 4.69) is 5.10 Å². The van der Waals surface area contributed by atoms with Gasteiger partial charge in [0, 0.05) is 45.4 Å². The summed E-state index contributed by atoms with van der Waals surface area (Å²) in [6, 6.07) is 22.2. The topological polar surface area (TPSA) is 59.8 Å². The Morgan fingerprint density at radius 1 is 1.00 bits per heavy atom. The molecule has 1 heterocycles. The van der Waals surface area contributed by atoms with Crippen LogP contribution in [0.2, 0.25) is 0 Å². The van der Waals surface area contributed by atoms with Crippen LogP contribution in [0.15, 0.2) is 78.9 Å². The van der Waals surface area contributed by atoms with E-state index in [1.54, 1.807) is 18.8 Å². The monoisotopic (exact) mass is 493 g/mol. The van der Waals surface area contributed by atoms with E-state index in [9.17, 15) is 13.9 Å². The van der Waals surface area contributed by atoms with Crippen molar-refractivity contribution >= 4 is 0 Å². The molecule has 0 aliphatic rings. The van der Waals surface area contributed by atoms with E-state index in [1.807, 2.05) is 65.6 Å². The van der Waals surface area contributed by atoms with Gasteiger partial charge in [0.1, 0.15) is 11.5 Å². The molecule has 0 spiro atoms. The summed E-state index contributed by atoms with van der Waals surface area (Å²) in [5.41, 5.74) is 3.06. The van der Waals surface area contributed by atoms with Crippen molar-refractivity contribution in [3.05, 3.63) is 102 Å². The Labute approximate surface area is 209 Å². The van der Waals surface area contributed by atoms with Gasteiger partial charge in [0.15, 0.2) is 11.6 Å². The summed E-state index contributed by atoms with van der Waals surface area (Å²) in [5.74, 6) is -1.26. The Bertz CT molecular complexity index is 1270. The van der Waals surface area contributed by atoms with Crippen molar-refractivity contribution in [1.29, 1.82) is 0 Å². The highest BCUT2D eigenvalue weighted by atomic mass is 19.1. The number of hydrogen-bond acceptors (Lipinski definition) is 5. The van der Waals surface area contributed by atoms with Crippen LogP contribution in [0.4, 0.5) is 8.78 Å². The first-order valence-electron chi connectivity index (χ1n) is 11.6. The molecule has 4 rings (SSSR count). The minimum Gasteiger partial charge on any atom is -0.436 e. The Hall–Kier alpha value is -3.59. The Morgan fingerprint density at radius 2 is 1.69 bits per heavy atom. The zero-order valence-electron chi connectivity index (χ0n) is 20.3. The number of aliphatic hydroxyl groups is 1. The normalized spacial score (nSPS) is 12.2. The molecule has 0 saturated heterocycles. The van der Waals surface area contributed by atoms with Crippen LogP contribution in [0.3, 0.4) is 0 Å². The summed E-state index contributed by atoms with van der Waals surface area (Å²) in [6.45, 7) is 1.67. The molecule has 6 nitrogen and oxygen atoms in total. The lowest BCUT2D eigenvalue weighted by molar-refractivity contribution is 0.0846. The number of aliphatic hydroxyl groups excluding tert-OH is 1. The SMILES string of the molecule is COCCN(Cc1c(-c2ccccc2)nn(C)c1Oc1ccc(F)cc1F)CC(O)c1ccccc1. The first kappa shape index (κ1) is 25.5. The van der Waals surface area contributed by atoms with Crippen LogP contribution in [-0.4, -0.2) is 46.6 Å². The molecule has 1 unspecified atom stereocenters. The van der Waals surface area contributed by atoms with Gasteiger partial charge in [-0.1, -0.05) is 60.7 Å². The van der Waals surface area contributed by atoms with Gasteiger partial charge in [-0.3, -0.25) is 4.90 Å². The van der Waals surface area contributed by atoms with E-state index in [0.717, 1.165) is 23.3 Å². The van der Waals surface area contributed by atoms with Crippen LogP contribution in [0.25, 0.3) is 11.3 Å². The van der Waals surface area contributed by atoms with Gasteiger partial charge in [-0.2, -0.15) is 5.10 Å². The minimum atomic E-state index is -0.806. The van der Waals surface area contributed by atoms with Gasteiger partial charge in [0.05, 0.1) is 18.3 Å². The molecule has 188 valence electrons. The van der Waals surface area contributed by atoms with Crippen LogP contribution in [0, 0.1) is 11.6 Å². The van der Waals surface area contributed by atoms with Crippen molar-refractivity contribution in [3.63, 3.8) is 0 Å². The van der Waals surface area contributed by atoms with E-state index in [0.29, 0.717) is 43.4 Å². The highest BCUT2D eigenvalue weighted by Gasteiger charge is 2.24. The first-order chi connectivity index (χ1) is 17.5. The predicted molar refractivity (Wildman–Crippen MR) is 134 cm³/mol. The van der Waals surface area contributed by atoms with E-state index in [4.69, 9.17) is 9.47 Å². The van der Waals surface area contributed by atoms with Crippen molar-refractivity contribution < 1.29 is 23.4 Å². The summed E-state index contributed by atoms with van der Waals surface area (Å²) in [5, 5.41) is 15.6. The number of ether oxygens (including phenoxy) is 2. The lowest BCUT2D eigenvalue weighted by Crippen LogP contribution is -2.31. The van der Waals surface area contributed by atoms with Crippen LogP contribution < -0.4 is 4.74 Å². The second-order valence-corrected chi connectivity index (χ2v) is 8.45. The summed E-state index contributed by atoms with van der Waals surface area (Å²) in [4.78, 5) is 2.04. The van der Waals surface area contributed by atoms with E-state index < -0.39 is 17.7 Å². The van der Waals surface area contributed by atoms with E-state index in [-0.39, 0.29) is 5.75 Å². The zero-order chi connectivity index (χ0) is 25.5. The quantitative estimate of drug-likeness (QED) is 0.306. The maximum Gasteiger partial charge on any atom is 0.222 e. The first-order valence-corrected chi connectivity index (χ1v) is 11.6. The molecule has 0 saturated carbocycles. The fourth-order valence-corrected chi connectivity index (χ4v) is 4.02. The molecule has 3 aromatic carbocycles. The third-order valence-corrected chi connectivity index (χ3v) is 5.84. The van der Waals surface area contributed by atoms with E-state index >= 15 is 0 Å². The Balaban J connectivity index is 1.71. The fourth-order valence-electron chi connectivity index (χ4n) is 4.02. The molecule has 1 aromatic heterocycles. The highest BCUT2D eigenvalue weighted by Crippen LogP contribution is 2.35. The minimum absolute atomic E-state index is 0.104. The summed E-state index contributed by atoms with van der Waals surface area (Å²) < 4.78 is 40.7. The molecule has 36 heavy (non-hydrogen) atoms. The molecular weight excluding hydrogens is 464 g/mol.